The van der Waals surface area contributed by atoms with Crippen LogP contribution in [0, 0.1) is 5.41 Å². The average molecular weight is 288 g/mol. The molecule has 0 saturated carbocycles. The van der Waals surface area contributed by atoms with Gasteiger partial charge in [-0.2, -0.15) is 0 Å². The van der Waals surface area contributed by atoms with Gasteiger partial charge >= 0.3 is 6.09 Å². The zero-order valence-corrected chi connectivity index (χ0v) is 12.0. The summed E-state index contributed by atoms with van der Waals surface area (Å²) in [5.41, 5.74) is 0.584. The number of piperidine rings is 1. The van der Waals surface area contributed by atoms with Crippen molar-refractivity contribution in [3.8, 4) is 0 Å². The predicted molar refractivity (Wildman–Crippen MR) is 77.5 cm³/mol. The average Bonchev–Trinajstić information content (AvgIpc) is 2.86. The Hall–Kier alpha value is -2.04. The number of hydrogen-bond donors (Lipinski definition) is 1. The summed E-state index contributed by atoms with van der Waals surface area (Å²) in [6, 6.07) is 9.62. The number of nitrogens with one attached hydrogen (secondary N) is 1. The number of likely N-dealkylation sites (tertiary alicyclic amines) is 1. The molecule has 21 heavy (non-hydrogen) atoms. The Morgan fingerprint density at radius 3 is 2.81 bits per heavy atom. The molecule has 1 atom stereocenters. The first-order valence-corrected chi connectivity index (χ1v) is 7.44. The van der Waals surface area contributed by atoms with Crippen LogP contribution in [0.4, 0.5) is 4.79 Å². The first kappa shape index (κ1) is 13.9. The summed E-state index contributed by atoms with van der Waals surface area (Å²) in [5.74, 6) is 0.0862. The van der Waals surface area contributed by atoms with Crippen LogP contribution in [0.5, 0.6) is 0 Å². The molecule has 0 aromatic heterocycles. The van der Waals surface area contributed by atoms with E-state index in [-0.39, 0.29) is 24.0 Å². The van der Waals surface area contributed by atoms with Gasteiger partial charge < -0.3 is 15.0 Å². The molecule has 1 aromatic rings. The van der Waals surface area contributed by atoms with Crippen molar-refractivity contribution in [1.82, 2.24) is 10.2 Å². The Bertz CT molecular complexity index is 532. The van der Waals surface area contributed by atoms with Crippen molar-refractivity contribution in [3.63, 3.8) is 0 Å². The number of carbonyl (C=O) groups excluding carboxylic acids is 2. The van der Waals surface area contributed by atoms with Crippen LogP contribution in [0.25, 0.3) is 0 Å². The quantitative estimate of drug-likeness (QED) is 0.904. The molecule has 1 aromatic carbocycles. The Balaban J connectivity index is 1.58. The van der Waals surface area contributed by atoms with Gasteiger partial charge in [-0.25, -0.2) is 4.79 Å². The van der Waals surface area contributed by atoms with Crippen molar-refractivity contribution >= 4 is 12.0 Å². The van der Waals surface area contributed by atoms with Crippen LogP contribution < -0.4 is 5.32 Å². The highest BCUT2D eigenvalue weighted by atomic mass is 16.6. The minimum Gasteiger partial charge on any atom is -0.445 e. The summed E-state index contributed by atoms with van der Waals surface area (Å²) >= 11 is 0. The summed E-state index contributed by atoms with van der Waals surface area (Å²) in [6.45, 7) is 2.14. The number of carbonyl (C=O) groups is 2. The minimum absolute atomic E-state index is 0.0862. The lowest BCUT2D eigenvalue weighted by molar-refractivity contribution is -0.130. The first-order valence-electron chi connectivity index (χ1n) is 7.44. The molecule has 5 heteroatoms. The molecule has 0 radical (unpaired) electrons. The molecule has 1 unspecified atom stereocenters. The number of amides is 2. The fourth-order valence-electron chi connectivity index (χ4n) is 3.20. The van der Waals surface area contributed by atoms with Crippen molar-refractivity contribution in [2.24, 2.45) is 5.41 Å². The number of ether oxygens (including phenoxy) is 1. The summed E-state index contributed by atoms with van der Waals surface area (Å²) in [6.07, 6.45) is 2.21. The maximum Gasteiger partial charge on any atom is 0.410 e. The van der Waals surface area contributed by atoms with E-state index in [2.05, 4.69) is 5.32 Å². The molecule has 0 bridgehead atoms. The topological polar surface area (TPSA) is 58.6 Å². The van der Waals surface area contributed by atoms with Crippen molar-refractivity contribution < 1.29 is 14.3 Å². The third-order valence-electron chi connectivity index (χ3n) is 4.41. The molecule has 2 aliphatic rings. The Kier molecular flexibility index (Phi) is 3.82. The lowest BCUT2D eigenvalue weighted by Gasteiger charge is -2.37. The van der Waals surface area contributed by atoms with Crippen molar-refractivity contribution in [2.45, 2.75) is 25.9 Å². The second kappa shape index (κ2) is 5.76. The van der Waals surface area contributed by atoms with Crippen LogP contribution in [-0.4, -0.2) is 36.5 Å². The van der Waals surface area contributed by atoms with Gasteiger partial charge in [0, 0.05) is 19.6 Å². The second-order valence-corrected chi connectivity index (χ2v) is 5.85. The third kappa shape index (κ3) is 2.86. The molecular formula is C16H20N2O3. The van der Waals surface area contributed by atoms with Crippen LogP contribution in [0.1, 0.15) is 24.8 Å². The molecule has 112 valence electrons. The molecule has 2 fully saturated rings. The third-order valence-corrected chi connectivity index (χ3v) is 4.41. The zero-order valence-electron chi connectivity index (χ0n) is 12.0. The minimum atomic E-state index is -0.385. The van der Waals surface area contributed by atoms with Crippen LogP contribution in [0.2, 0.25) is 0 Å². The lowest BCUT2D eigenvalue weighted by atomic mass is 9.79. The van der Waals surface area contributed by atoms with Gasteiger partial charge in [-0.05, 0) is 24.8 Å². The fourth-order valence-corrected chi connectivity index (χ4v) is 3.20. The highest BCUT2D eigenvalue weighted by molar-refractivity contribution is 5.85. The predicted octanol–water partition coefficient (Wildman–Crippen LogP) is 1.93. The molecule has 5 nitrogen and oxygen atoms in total. The first-order chi connectivity index (χ1) is 10.2. The molecule has 1 spiro atoms. The van der Waals surface area contributed by atoms with E-state index < -0.39 is 0 Å². The van der Waals surface area contributed by atoms with E-state index in [0.29, 0.717) is 19.6 Å². The van der Waals surface area contributed by atoms with Crippen LogP contribution in [0.15, 0.2) is 30.3 Å². The summed E-state index contributed by atoms with van der Waals surface area (Å²) < 4.78 is 5.36. The van der Waals surface area contributed by atoms with Crippen molar-refractivity contribution in [3.05, 3.63) is 35.9 Å². The number of hydrogen-bond acceptors (Lipinski definition) is 3. The van der Waals surface area contributed by atoms with Gasteiger partial charge in [-0.3, -0.25) is 4.79 Å². The lowest BCUT2D eigenvalue weighted by Crippen LogP contribution is -2.49. The molecule has 2 amide bonds. The van der Waals surface area contributed by atoms with Gasteiger partial charge in [0.25, 0.3) is 0 Å². The number of nitrogens with zero attached hydrogens (tertiary/aromatic N) is 1. The summed E-state index contributed by atoms with van der Waals surface area (Å²) in [4.78, 5) is 25.9. The largest absolute Gasteiger partial charge is 0.445 e. The highest BCUT2D eigenvalue weighted by Crippen LogP contribution is 2.36. The summed E-state index contributed by atoms with van der Waals surface area (Å²) in [5, 5.41) is 2.88. The van der Waals surface area contributed by atoms with E-state index in [1.54, 1.807) is 4.90 Å². The monoisotopic (exact) mass is 288 g/mol. The standard InChI is InChI=1S/C16H20N2O3/c19-14-16(8-9-17-14)7-4-10-18(12-16)15(20)21-11-13-5-2-1-3-6-13/h1-3,5-6H,4,7-12H2,(H,17,19). The van der Waals surface area contributed by atoms with Crippen molar-refractivity contribution in [2.75, 3.05) is 19.6 Å². The van der Waals surface area contributed by atoms with Crippen LogP contribution in [-0.2, 0) is 16.1 Å². The Morgan fingerprint density at radius 2 is 2.10 bits per heavy atom. The van der Waals surface area contributed by atoms with Crippen LogP contribution >= 0.6 is 0 Å². The zero-order chi connectivity index (χ0) is 14.7. The van der Waals surface area contributed by atoms with E-state index in [1.807, 2.05) is 30.3 Å². The maximum atomic E-state index is 12.2. The van der Waals surface area contributed by atoms with Gasteiger partial charge in [-0.15, -0.1) is 0 Å². The normalized spacial score (nSPS) is 25.0. The Labute approximate surface area is 124 Å². The SMILES string of the molecule is O=C(OCc1ccccc1)N1CCCC2(CCNC2=O)C1. The summed E-state index contributed by atoms with van der Waals surface area (Å²) in [7, 11) is 0. The van der Waals surface area contributed by atoms with Gasteiger partial charge in [0.15, 0.2) is 0 Å². The van der Waals surface area contributed by atoms with Crippen molar-refractivity contribution in [1.29, 1.82) is 0 Å². The highest BCUT2D eigenvalue weighted by Gasteiger charge is 2.46. The molecule has 3 rings (SSSR count). The number of benzene rings is 1. The molecule has 0 aliphatic carbocycles. The Morgan fingerprint density at radius 1 is 1.29 bits per heavy atom. The van der Waals surface area contributed by atoms with E-state index in [0.717, 1.165) is 24.8 Å². The maximum absolute atomic E-state index is 12.2. The fraction of sp³-hybridized carbons (Fsp3) is 0.500. The van der Waals surface area contributed by atoms with E-state index in [1.165, 1.54) is 0 Å². The molecular weight excluding hydrogens is 268 g/mol. The van der Waals surface area contributed by atoms with E-state index >= 15 is 0 Å². The van der Waals surface area contributed by atoms with Gasteiger partial charge in [0.05, 0.1) is 5.41 Å². The number of rotatable bonds is 2. The molecule has 2 aliphatic heterocycles. The second-order valence-electron chi connectivity index (χ2n) is 5.85. The van der Waals surface area contributed by atoms with E-state index in [9.17, 15) is 9.59 Å². The van der Waals surface area contributed by atoms with Gasteiger partial charge in [0.2, 0.25) is 5.91 Å². The van der Waals surface area contributed by atoms with Gasteiger partial charge in [-0.1, -0.05) is 30.3 Å². The molecule has 1 N–H and O–H groups in total. The van der Waals surface area contributed by atoms with Gasteiger partial charge in [0.1, 0.15) is 6.61 Å². The molecule has 2 saturated heterocycles. The smallest absolute Gasteiger partial charge is 0.410 e. The van der Waals surface area contributed by atoms with Crippen LogP contribution in [0.3, 0.4) is 0 Å². The molecule has 2 heterocycles. The van der Waals surface area contributed by atoms with E-state index in [4.69, 9.17) is 4.74 Å².